The Labute approximate surface area is 132 Å². The van der Waals surface area contributed by atoms with Crippen molar-refractivity contribution in [3.63, 3.8) is 0 Å². The zero-order valence-corrected chi connectivity index (χ0v) is 13.0. The molecular formula is C16H13Cl2NO2. The fourth-order valence-corrected chi connectivity index (χ4v) is 3.36. The maximum Gasteiger partial charge on any atom is 0.254 e. The molecule has 1 atom stereocenters. The molecule has 0 bridgehead atoms. The van der Waals surface area contributed by atoms with Crippen molar-refractivity contribution < 1.29 is 9.53 Å². The van der Waals surface area contributed by atoms with E-state index in [4.69, 9.17) is 27.9 Å². The van der Waals surface area contributed by atoms with E-state index in [1.165, 1.54) is 0 Å². The van der Waals surface area contributed by atoms with Gasteiger partial charge in [-0.3, -0.25) is 4.79 Å². The van der Waals surface area contributed by atoms with Gasteiger partial charge in [0, 0.05) is 21.8 Å². The van der Waals surface area contributed by atoms with Crippen molar-refractivity contribution in [3.05, 3.63) is 58.1 Å². The Kier molecular flexibility index (Phi) is 3.34. The third-order valence-electron chi connectivity index (χ3n) is 3.71. The molecule has 108 valence electrons. The van der Waals surface area contributed by atoms with E-state index >= 15 is 0 Å². The van der Waals surface area contributed by atoms with Crippen LogP contribution in [-0.2, 0) is 9.67 Å². The van der Waals surface area contributed by atoms with Crippen LogP contribution in [0.4, 0.5) is 5.69 Å². The number of ether oxygens (including phenoxy) is 1. The zero-order valence-electron chi connectivity index (χ0n) is 11.5. The van der Waals surface area contributed by atoms with Crippen LogP contribution in [0.2, 0.25) is 5.02 Å². The number of fused-ring (bicyclic) bond motifs is 1. The van der Waals surface area contributed by atoms with E-state index in [-0.39, 0.29) is 5.91 Å². The van der Waals surface area contributed by atoms with E-state index < -0.39 is 4.87 Å². The van der Waals surface area contributed by atoms with Gasteiger partial charge in [0.2, 0.25) is 0 Å². The first-order valence-electron chi connectivity index (χ1n) is 6.43. The fourth-order valence-electron chi connectivity index (χ4n) is 2.74. The number of hydrogen-bond donors (Lipinski definition) is 1. The minimum Gasteiger partial charge on any atom is -0.496 e. The van der Waals surface area contributed by atoms with Gasteiger partial charge >= 0.3 is 0 Å². The van der Waals surface area contributed by atoms with Gasteiger partial charge in [-0.2, -0.15) is 0 Å². The molecule has 1 N–H and O–H groups in total. The molecule has 3 rings (SSSR count). The molecule has 3 nitrogen and oxygen atoms in total. The second-order valence-electron chi connectivity index (χ2n) is 4.95. The number of anilines is 1. The second kappa shape index (κ2) is 4.93. The van der Waals surface area contributed by atoms with Gasteiger partial charge in [0.25, 0.3) is 5.91 Å². The van der Waals surface area contributed by atoms with Crippen molar-refractivity contribution in [1.82, 2.24) is 0 Å². The molecule has 0 saturated carbocycles. The molecule has 5 heteroatoms. The van der Waals surface area contributed by atoms with E-state index in [0.717, 1.165) is 5.56 Å². The summed E-state index contributed by atoms with van der Waals surface area (Å²) in [6, 6.07) is 10.8. The van der Waals surface area contributed by atoms with E-state index in [9.17, 15) is 4.79 Å². The summed E-state index contributed by atoms with van der Waals surface area (Å²) in [5, 5.41) is 3.34. The summed E-state index contributed by atoms with van der Waals surface area (Å²) >= 11 is 12.9. The first-order chi connectivity index (χ1) is 9.98. The molecule has 0 aliphatic carbocycles. The standard InChI is InChI=1S/C16H13Cl2NO2/c1-9-4-3-5-13(21-2)14(9)16(18)11-8-10(17)6-7-12(11)19-15(16)20/h3-8H,1-2H3,(H,19,20). The second-order valence-corrected chi connectivity index (χ2v) is 5.96. The highest BCUT2D eigenvalue weighted by Crippen LogP contribution is 2.50. The summed E-state index contributed by atoms with van der Waals surface area (Å²) in [6.07, 6.45) is 0. The number of carbonyl (C=O) groups excluding carboxylic acids is 1. The number of hydrogen-bond acceptors (Lipinski definition) is 2. The summed E-state index contributed by atoms with van der Waals surface area (Å²) in [5.74, 6) is 0.280. The Balaban J connectivity index is 2.32. The van der Waals surface area contributed by atoms with Crippen LogP contribution >= 0.6 is 23.2 Å². The maximum atomic E-state index is 12.5. The highest BCUT2D eigenvalue weighted by atomic mass is 35.5. The molecule has 0 aromatic heterocycles. The summed E-state index contributed by atoms with van der Waals surface area (Å²) in [5.41, 5.74) is 2.85. The van der Waals surface area contributed by atoms with E-state index in [2.05, 4.69) is 5.32 Å². The molecule has 1 amide bonds. The first kappa shape index (κ1) is 14.2. The Morgan fingerprint density at radius 3 is 2.71 bits per heavy atom. The summed E-state index contributed by atoms with van der Waals surface area (Å²) in [4.78, 5) is 11.2. The molecule has 0 fully saturated rings. The summed E-state index contributed by atoms with van der Waals surface area (Å²) in [7, 11) is 1.56. The lowest BCUT2D eigenvalue weighted by Gasteiger charge is -2.24. The monoisotopic (exact) mass is 321 g/mol. The van der Waals surface area contributed by atoms with E-state index in [1.54, 1.807) is 31.4 Å². The van der Waals surface area contributed by atoms with Gasteiger partial charge in [-0.1, -0.05) is 35.3 Å². The van der Waals surface area contributed by atoms with Crippen LogP contribution in [0.1, 0.15) is 16.7 Å². The lowest BCUT2D eigenvalue weighted by atomic mass is 9.88. The predicted octanol–water partition coefficient (Wildman–Crippen LogP) is 4.09. The number of nitrogens with one attached hydrogen (secondary N) is 1. The van der Waals surface area contributed by atoms with Gasteiger partial charge in [0.05, 0.1) is 7.11 Å². The van der Waals surface area contributed by atoms with Crippen LogP contribution in [0, 0.1) is 6.92 Å². The molecule has 1 unspecified atom stereocenters. The van der Waals surface area contributed by atoms with Gasteiger partial charge in [-0.05, 0) is 36.8 Å². The van der Waals surface area contributed by atoms with Crippen LogP contribution in [0.25, 0.3) is 0 Å². The Morgan fingerprint density at radius 2 is 2.00 bits per heavy atom. The van der Waals surface area contributed by atoms with Gasteiger partial charge in [-0.25, -0.2) is 0 Å². The summed E-state index contributed by atoms with van der Waals surface area (Å²) < 4.78 is 5.40. The average Bonchev–Trinajstić information content (AvgIpc) is 2.71. The van der Waals surface area contributed by atoms with E-state index in [1.807, 2.05) is 19.1 Å². The van der Waals surface area contributed by atoms with Crippen molar-refractivity contribution in [2.45, 2.75) is 11.8 Å². The van der Waals surface area contributed by atoms with Crippen LogP contribution in [-0.4, -0.2) is 13.0 Å². The molecule has 2 aromatic carbocycles. The van der Waals surface area contributed by atoms with Gasteiger partial charge in [0.1, 0.15) is 5.75 Å². The molecule has 0 radical (unpaired) electrons. The fraction of sp³-hybridized carbons (Fsp3) is 0.188. The van der Waals surface area contributed by atoms with Crippen LogP contribution in [0.3, 0.4) is 0 Å². The third-order valence-corrected chi connectivity index (χ3v) is 4.51. The van der Waals surface area contributed by atoms with Gasteiger partial charge in [0.15, 0.2) is 4.87 Å². The molecule has 1 aliphatic rings. The van der Waals surface area contributed by atoms with Crippen molar-refractivity contribution in [1.29, 1.82) is 0 Å². The van der Waals surface area contributed by atoms with Crippen molar-refractivity contribution >= 4 is 34.8 Å². The number of halogens is 2. The topological polar surface area (TPSA) is 38.3 Å². The van der Waals surface area contributed by atoms with Crippen molar-refractivity contribution in [3.8, 4) is 5.75 Å². The largest absolute Gasteiger partial charge is 0.496 e. The van der Waals surface area contributed by atoms with Crippen LogP contribution < -0.4 is 10.1 Å². The molecular weight excluding hydrogens is 309 g/mol. The molecule has 0 spiro atoms. The predicted molar refractivity (Wildman–Crippen MR) is 84.4 cm³/mol. The number of methoxy groups -OCH3 is 1. The Hall–Kier alpha value is -1.71. The lowest BCUT2D eigenvalue weighted by molar-refractivity contribution is -0.117. The normalized spacial score (nSPS) is 20.1. The lowest BCUT2D eigenvalue weighted by Crippen LogP contribution is -2.31. The minimum atomic E-state index is -1.34. The van der Waals surface area contributed by atoms with Gasteiger partial charge < -0.3 is 10.1 Å². The number of alkyl halides is 1. The zero-order chi connectivity index (χ0) is 15.2. The van der Waals surface area contributed by atoms with E-state index in [0.29, 0.717) is 27.6 Å². The SMILES string of the molecule is COc1cccc(C)c1C1(Cl)C(=O)Nc2ccc(Cl)cc21. The minimum absolute atomic E-state index is 0.297. The van der Waals surface area contributed by atoms with Crippen LogP contribution in [0.15, 0.2) is 36.4 Å². The summed E-state index contributed by atoms with van der Waals surface area (Å²) in [6.45, 7) is 1.90. The first-order valence-corrected chi connectivity index (χ1v) is 7.18. The quantitative estimate of drug-likeness (QED) is 0.846. The highest BCUT2D eigenvalue weighted by molar-refractivity contribution is 6.42. The number of benzene rings is 2. The van der Waals surface area contributed by atoms with Crippen molar-refractivity contribution in [2.75, 3.05) is 12.4 Å². The maximum absolute atomic E-state index is 12.5. The molecule has 21 heavy (non-hydrogen) atoms. The van der Waals surface area contributed by atoms with Gasteiger partial charge in [-0.15, -0.1) is 0 Å². The number of rotatable bonds is 2. The number of aryl methyl sites for hydroxylation is 1. The molecule has 0 saturated heterocycles. The third kappa shape index (κ3) is 2.00. The molecule has 1 heterocycles. The van der Waals surface area contributed by atoms with Crippen molar-refractivity contribution in [2.24, 2.45) is 0 Å². The van der Waals surface area contributed by atoms with Crippen LogP contribution in [0.5, 0.6) is 5.75 Å². The Morgan fingerprint density at radius 1 is 1.24 bits per heavy atom. The molecule has 1 aliphatic heterocycles. The highest BCUT2D eigenvalue weighted by Gasteiger charge is 2.49. The average molecular weight is 322 g/mol. The Bertz CT molecular complexity index is 745. The smallest absolute Gasteiger partial charge is 0.254 e. The molecule has 2 aromatic rings. The number of amides is 1. The number of carbonyl (C=O) groups is 1.